The van der Waals surface area contributed by atoms with Gasteiger partial charge in [0.1, 0.15) is 11.6 Å². The molecule has 1 aromatic carbocycles. The number of nitrogens with two attached hydrogens (primary N) is 1. The molecule has 2 N–H and O–H groups in total. The van der Waals surface area contributed by atoms with E-state index in [0.717, 1.165) is 36.5 Å². The van der Waals surface area contributed by atoms with Crippen molar-refractivity contribution < 1.29 is 4.39 Å². The molecule has 3 aromatic heterocycles. The summed E-state index contributed by atoms with van der Waals surface area (Å²) in [6.45, 7) is 4.31. The molecule has 0 radical (unpaired) electrons. The second-order valence-corrected chi connectivity index (χ2v) is 10.1. The first-order chi connectivity index (χ1) is 16.7. The summed E-state index contributed by atoms with van der Waals surface area (Å²) in [5.41, 5.74) is 8.43. The maximum Gasteiger partial charge on any atom is 0.228 e. The smallest absolute Gasteiger partial charge is 0.228 e. The highest BCUT2D eigenvalue weighted by Crippen LogP contribution is 2.36. The zero-order chi connectivity index (χ0) is 23.1. The molecular weight excluding hydrogens is 449 g/mol. The third-order valence-electron chi connectivity index (χ3n) is 7.02. The number of aromatic nitrogens is 4. The lowest BCUT2D eigenvalue weighted by molar-refractivity contribution is 0.141. The zero-order valence-electron chi connectivity index (χ0n) is 19.0. The van der Waals surface area contributed by atoms with Crippen molar-refractivity contribution in [1.29, 1.82) is 0 Å². The number of piperidine rings is 2. The highest BCUT2D eigenvalue weighted by atomic mass is 32.1. The Balaban J connectivity index is 1.37. The Labute approximate surface area is 202 Å². The van der Waals surface area contributed by atoms with E-state index in [4.69, 9.17) is 15.7 Å². The third kappa shape index (κ3) is 3.92. The molecule has 0 saturated carbocycles. The highest BCUT2D eigenvalue weighted by molar-refractivity contribution is 7.13. The second-order valence-electron chi connectivity index (χ2n) is 9.14. The van der Waals surface area contributed by atoms with Gasteiger partial charge in [-0.25, -0.2) is 14.1 Å². The van der Waals surface area contributed by atoms with Crippen LogP contribution in [0.1, 0.15) is 32.1 Å². The van der Waals surface area contributed by atoms with Gasteiger partial charge in [0.25, 0.3) is 0 Å². The van der Waals surface area contributed by atoms with Crippen molar-refractivity contribution in [3.05, 3.63) is 47.6 Å². The van der Waals surface area contributed by atoms with E-state index in [0.29, 0.717) is 34.5 Å². The van der Waals surface area contributed by atoms with Crippen LogP contribution in [0.15, 0.2) is 41.8 Å². The Morgan fingerprint density at radius 3 is 2.53 bits per heavy atom. The van der Waals surface area contributed by atoms with Crippen molar-refractivity contribution in [2.75, 3.05) is 36.8 Å². The van der Waals surface area contributed by atoms with Crippen LogP contribution in [0.4, 0.5) is 16.2 Å². The predicted octanol–water partition coefficient (Wildman–Crippen LogP) is 4.72. The molecule has 2 saturated heterocycles. The molecule has 6 rings (SSSR count). The van der Waals surface area contributed by atoms with E-state index < -0.39 is 0 Å². The summed E-state index contributed by atoms with van der Waals surface area (Å²) < 4.78 is 15.5. The van der Waals surface area contributed by atoms with Crippen molar-refractivity contribution in [2.24, 2.45) is 0 Å². The standard InChI is InChI=1S/C25H28FN7S/c26-17-6-4-7-19(16-17)33-23(27)21-22(20-8-5-15-34-20)28-25(29-24(21)30-33)32-13-9-18(10-14-32)31-11-2-1-3-12-31/h4-8,15-16,18H,1-3,9-14,27H2. The Kier molecular flexibility index (Phi) is 5.66. The summed E-state index contributed by atoms with van der Waals surface area (Å²) in [6.07, 6.45) is 6.24. The van der Waals surface area contributed by atoms with Gasteiger partial charge in [0.15, 0.2) is 5.65 Å². The van der Waals surface area contributed by atoms with Gasteiger partial charge in [-0.3, -0.25) is 0 Å². The average molecular weight is 478 g/mol. The largest absolute Gasteiger partial charge is 0.383 e. The molecule has 34 heavy (non-hydrogen) atoms. The Morgan fingerprint density at radius 2 is 1.79 bits per heavy atom. The molecular formula is C25H28FN7S. The van der Waals surface area contributed by atoms with E-state index in [1.54, 1.807) is 28.2 Å². The lowest BCUT2D eigenvalue weighted by Crippen LogP contribution is -2.47. The van der Waals surface area contributed by atoms with Crippen LogP contribution < -0.4 is 10.6 Å². The minimum atomic E-state index is -0.335. The Hall–Kier alpha value is -3.04. The minimum absolute atomic E-state index is 0.335. The van der Waals surface area contributed by atoms with Crippen molar-refractivity contribution >= 4 is 34.1 Å². The fraction of sp³-hybridized carbons (Fsp3) is 0.400. The quantitative estimate of drug-likeness (QED) is 0.458. The average Bonchev–Trinajstić information content (AvgIpc) is 3.53. The molecule has 0 bridgehead atoms. The Bertz CT molecular complexity index is 1290. The molecule has 0 aliphatic carbocycles. The number of likely N-dealkylation sites (tertiary alicyclic amines) is 1. The second kappa shape index (κ2) is 8.96. The van der Waals surface area contributed by atoms with E-state index >= 15 is 0 Å². The van der Waals surface area contributed by atoms with Crippen LogP contribution in [0.25, 0.3) is 27.3 Å². The zero-order valence-corrected chi connectivity index (χ0v) is 19.8. The van der Waals surface area contributed by atoms with E-state index in [1.807, 2.05) is 17.5 Å². The van der Waals surface area contributed by atoms with Gasteiger partial charge in [0, 0.05) is 19.1 Å². The number of hydrogen-bond acceptors (Lipinski definition) is 7. The summed E-state index contributed by atoms with van der Waals surface area (Å²) in [5.74, 6) is 0.773. The number of rotatable bonds is 4. The van der Waals surface area contributed by atoms with Gasteiger partial charge < -0.3 is 15.5 Å². The van der Waals surface area contributed by atoms with Gasteiger partial charge in [-0.2, -0.15) is 4.98 Å². The highest BCUT2D eigenvalue weighted by Gasteiger charge is 2.28. The van der Waals surface area contributed by atoms with E-state index in [1.165, 1.54) is 44.5 Å². The number of benzene rings is 1. The van der Waals surface area contributed by atoms with Crippen molar-refractivity contribution in [3.8, 4) is 16.3 Å². The third-order valence-corrected chi connectivity index (χ3v) is 7.90. The van der Waals surface area contributed by atoms with Crippen LogP contribution in [-0.2, 0) is 0 Å². The topological polar surface area (TPSA) is 76.1 Å². The summed E-state index contributed by atoms with van der Waals surface area (Å²) in [7, 11) is 0. The Morgan fingerprint density at radius 1 is 0.971 bits per heavy atom. The molecule has 9 heteroatoms. The van der Waals surface area contributed by atoms with Gasteiger partial charge in [0.05, 0.1) is 21.6 Å². The molecule has 2 aliphatic rings. The van der Waals surface area contributed by atoms with Crippen molar-refractivity contribution in [2.45, 2.75) is 38.1 Å². The summed E-state index contributed by atoms with van der Waals surface area (Å²) in [5, 5.41) is 7.42. The van der Waals surface area contributed by atoms with Gasteiger partial charge in [-0.1, -0.05) is 18.6 Å². The predicted molar refractivity (Wildman–Crippen MR) is 135 cm³/mol. The number of hydrogen-bond donors (Lipinski definition) is 1. The molecule has 5 heterocycles. The van der Waals surface area contributed by atoms with Gasteiger partial charge >= 0.3 is 0 Å². The van der Waals surface area contributed by atoms with Crippen LogP contribution in [-0.4, -0.2) is 56.9 Å². The SMILES string of the molecule is Nc1c2c(-c3cccs3)nc(N3CCC(N4CCCCC4)CC3)nc2nn1-c1cccc(F)c1. The van der Waals surface area contributed by atoms with Crippen LogP contribution >= 0.6 is 11.3 Å². The summed E-state index contributed by atoms with van der Waals surface area (Å²) in [6, 6.07) is 11.0. The fourth-order valence-electron chi connectivity index (χ4n) is 5.25. The van der Waals surface area contributed by atoms with Crippen LogP contribution in [0, 0.1) is 5.82 Å². The number of fused-ring (bicyclic) bond motifs is 1. The van der Waals surface area contributed by atoms with Crippen LogP contribution in [0.3, 0.4) is 0 Å². The normalized spacial score (nSPS) is 18.1. The first-order valence-corrected chi connectivity index (χ1v) is 12.9. The summed E-state index contributed by atoms with van der Waals surface area (Å²) in [4.78, 5) is 15.8. The molecule has 7 nitrogen and oxygen atoms in total. The lowest BCUT2D eigenvalue weighted by atomic mass is 10.00. The van der Waals surface area contributed by atoms with E-state index in [9.17, 15) is 4.39 Å². The van der Waals surface area contributed by atoms with Crippen LogP contribution in [0.5, 0.6) is 0 Å². The first-order valence-electron chi connectivity index (χ1n) is 12.0. The van der Waals surface area contributed by atoms with Crippen molar-refractivity contribution in [3.63, 3.8) is 0 Å². The molecule has 0 unspecified atom stereocenters. The molecule has 2 aliphatic heterocycles. The number of thiophene rings is 1. The van der Waals surface area contributed by atoms with E-state index in [-0.39, 0.29) is 5.82 Å². The maximum atomic E-state index is 13.9. The molecule has 176 valence electrons. The van der Waals surface area contributed by atoms with Crippen molar-refractivity contribution in [1.82, 2.24) is 24.6 Å². The number of nitrogens with zero attached hydrogens (tertiary/aromatic N) is 6. The monoisotopic (exact) mass is 477 g/mol. The van der Waals surface area contributed by atoms with Gasteiger partial charge in [-0.05, 0) is 68.4 Å². The number of nitrogen functional groups attached to an aromatic ring is 1. The van der Waals surface area contributed by atoms with Crippen LogP contribution in [0.2, 0.25) is 0 Å². The maximum absolute atomic E-state index is 13.9. The fourth-order valence-corrected chi connectivity index (χ4v) is 5.97. The molecule has 0 atom stereocenters. The molecule has 2 fully saturated rings. The molecule has 4 aromatic rings. The van der Waals surface area contributed by atoms with E-state index in [2.05, 4.69) is 14.9 Å². The first kappa shape index (κ1) is 21.5. The molecule has 0 amide bonds. The number of anilines is 2. The summed E-state index contributed by atoms with van der Waals surface area (Å²) >= 11 is 1.61. The lowest BCUT2D eigenvalue weighted by Gasteiger charge is -2.40. The van der Waals surface area contributed by atoms with Gasteiger partial charge in [-0.15, -0.1) is 16.4 Å². The van der Waals surface area contributed by atoms with Gasteiger partial charge in [0.2, 0.25) is 5.95 Å². The number of halogens is 1. The minimum Gasteiger partial charge on any atom is -0.383 e. The molecule has 0 spiro atoms.